The molecule has 1 N–H and O–H groups in total. The highest BCUT2D eigenvalue weighted by molar-refractivity contribution is 5.94. The summed E-state index contributed by atoms with van der Waals surface area (Å²) in [4.78, 5) is 11.4. The molecule has 0 radical (unpaired) electrons. The van der Waals surface area contributed by atoms with Gasteiger partial charge in [0.15, 0.2) is 0 Å². The summed E-state index contributed by atoms with van der Waals surface area (Å²) < 4.78 is 53.0. The lowest BCUT2D eigenvalue weighted by Gasteiger charge is -2.17. The number of carbonyl (C=O) groups is 1. The Morgan fingerprint density at radius 2 is 2.11 bits per heavy atom. The lowest BCUT2D eigenvalue weighted by Crippen LogP contribution is -2.33. The molecule has 0 aromatic heterocycles. The average Bonchev–Trinajstić information content (AvgIpc) is 2.29. The van der Waals surface area contributed by atoms with Crippen molar-refractivity contribution in [2.45, 2.75) is 19.5 Å². The molecule has 18 heavy (non-hydrogen) atoms. The molecular weight excluding hydrogens is 254 g/mol. The predicted molar refractivity (Wildman–Crippen MR) is 56.0 cm³/mol. The molecule has 0 aliphatic heterocycles. The van der Waals surface area contributed by atoms with Crippen LogP contribution < -0.4 is 10.1 Å². The van der Waals surface area contributed by atoms with Crippen molar-refractivity contribution >= 4 is 5.91 Å². The van der Waals surface area contributed by atoms with Gasteiger partial charge in [-0.1, -0.05) is 6.07 Å². The van der Waals surface area contributed by atoms with Crippen molar-refractivity contribution in [3.8, 4) is 5.75 Å². The minimum atomic E-state index is -4.58. The van der Waals surface area contributed by atoms with Crippen molar-refractivity contribution in [3.63, 3.8) is 0 Å². The minimum Gasteiger partial charge on any atom is -0.428 e. The van der Waals surface area contributed by atoms with Crippen LogP contribution in [0.2, 0.25) is 0 Å². The Labute approximate surface area is 101 Å². The predicted octanol–water partition coefficient (Wildman–Crippen LogP) is 2.67. The molecule has 0 atom stereocenters. The monoisotopic (exact) mass is 265 g/mol. The second-order valence-corrected chi connectivity index (χ2v) is 3.35. The van der Waals surface area contributed by atoms with Gasteiger partial charge in [-0.05, 0) is 25.1 Å². The van der Waals surface area contributed by atoms with E-state index < -0.39 is 24.2 Å². The van der Waals surface area contributed by atoms with Gasteiger partial charge in [0, 0.05) is 12.1 Å². The van der Waals surface area contributed by atoms with E-state index in [0.717, 1.165) is 12.1 Å². The second kappa shape index (κ2) is 5.70. The number of carbonyl (C=O) groups excluding carboxylic acids is 1. The zero-order valence-electron chi connectivity index (χ0n) is 9.42. The van der Waals surface area contributed by atoms with E-state index in [4.69, 9.17) is 0 Å². The van der Waals surface area contributed by atoms with Crippen LogP contribution in [0.4, 0.5) is 17.6 Å². The van der Waals surface area contributed by atoms with Gasteiger partial charge in [0.05, 0.1) is 0 Å². The second-order valence-electron chi connectivity index (χ2n) is 3.35. The Kier molecular flexibility index (Phi) is 4.52. The van der Waals surface area contributed by atoms with Gasteiger partial charge in [-0.3, -0.25) is 4.79 Å². The smallest absolute Gasteiger partial charge is 0.428 e. The number of amides is 1. The molecule has 1 rings (SSSR count). The number of nitrogens with one attached hydrogen (secondary N) is 1. The van der Waals surface area contributed by atoms with Crippen LogP contribution in [0, 0.1) is 0 Å². The van der Waals surface area contributed by atoms with E-state index in [-0.39, 0.29) is 5.56 Å². The van der Waals surface area contributed by atoms with Gasteiger partial charge in [0.1, 0.15) is 5.75 Å². The van der Waals surface area contributed by atoms with Gasteiger partial charge in [-0.15, -0.1) is 0 Å². The molecule has 1 amide bonds. The number of benzene rings is 1. The summed E-state index contributed by atoms with van der Waals surface area (Å²) >= 11 is 0. The fourth-order valence-electron chi connectivity index (χ4n) is 1.17. The van der Waals surface area contributed by atoms with Crippen LogP contribution in [0.5, 0.6) is 5.75 Å². The van der Waals surface area contributed by atoms with E-state index in [9.17, 15) is 22.4 Å². The lowest BCUT2D eigenvalue weighted by molar-refractivity contribution is -0.253. The van der Waals surface area contributed by atoms with Gasteiger partial charge in [-0.2, -0.15) is 17.6 Å². The highest BCUT2D eigenvalue weighted by atomic mass is 19.3. The largest absolute Gasteiger partial charge is 0.461 e. The third-order valence-corrected chi connectivity index (χ3v) is 1.94. The molecule has 3 nitrogen and oxygen atoms in total. The normalized spacial score (nSPS) is 11.4. The molecule has 0 fully saturated rings. The van der Waals surface area contributed by atoms with Crippen LogP contribution >= 0.6 is 0 Å². The van der Waals surface area contributed by atoms with E-state index in [0.29, 0.717) is 6.54 Å². The number of hydrogen-bond donors (Lipinski definition) is 1. The summed E-state index contributed by atoms with van der Waals surface area (Å²) in [6, 6.07) is 4.67. The number of ether oxygens (including phenoxy) is 1. The number of hydrogen-bond acceptors (Lipinski definition) is 2. The molecule has 0 unspecified atom stereocenters. The van der Waals surface area contributed by atoms with E-state index in [1.807, 2.05) is 0 Å². The fraction of sp³-hybridized carbons (Fsp3) is 0.364. The Hall–Kier alpha value is -1.79. The van der Waals surface area contributed by atoms with Gasteiger partial charge >= 0.3 is 12.5 Å². The number of alkyl halides is 4. The number of halogens is 4. The van der Waals surface area contributed by atoms with Gasteiger partial charge in [-0.25, -0.2) is 0 Å². The van der Waals surface area contributed by atoms with Crippen LogP contribution in [0.15, 0.2) is 24.3 Å². The lowest BCUT2D eigenvalue weighted by atomic mass is 10.2. The van der Waals surface area contributed by atoms with Crippen molar-refractivity contribution in [2.75, 3.05) is 6.54 Å². The Balaban J connectivity index is 2.86. The molecule has 1 aromatic carbocycles. The quantitative estimate of drug-likeness (QED) is 0.831. The molecule has 0 heterocycles. The summed E-state index contributed by atoms with van der Waals surface area (Å²) in [6.07, 6.45) is -8.52. The van der Waals surface area contributed by atoms with E-state index in [1.165, 1.54) is 12.1 Å². The SMILES string of the molecule is CCNC(=O)c1cccc(OC(F)(F)C(F)F)c1. The topological polar surface area (TPSA) is 38.3 Å². The van der Waals surface area contributed by atoms with Crippen LogP contribution in [0.3, 0.4) is 0 Å². The molecule has 0 aliphatic carbocycles. The molecule has 100 valence electrons. The maximum absolute atomic E-state index is 12.6. The standard InChI is InChI=1S/C11H11F4NO2/c1-2-16-9(17)7-4-3-5-8(6-7)18-11(14,15)10(12)13/h3-6,10H,2H2,1H3,(H,16,17). The third-order valence-electron chi connectivity index (χ3n) is 1.94. The average molecular weight is 265 g/mol. The molecule has 0 saturated heterocycles. The minimum absolute atomic E-state index is 0.0550. The summed E-state index contributed by atoms with van der Waals surface area (Å²) in [5.41, 5.74) is 0.0550. The maximum Gasteiger partial charge on any atom is 0.461 e. The first kappa shape index (κ1) is 14.3. The van der Waals surface area contributed by atoms with Crippen molar-refractivity contribution in [1.82, 2.24) is 5.32 Å². The Morgan fingerprint density at radius 1 is 1.44 bits per heavy atom. The van der Waals surface area contributed by atoms with Crippen molar-refractivity contribution in [3.05, 3.63) is 29.8 Å². The summed E-state index contributed by atoms with van der Waals surface area (Å²) in [5.74, 6) is -0.993. The van der Waals surface area contributed by atoms with Gasteiger partial charge in [0.25, 0.3) is 5.91 Å². The van der Waals surface area contributed by atoms with Crippen molar-refractivity contribution in [1.29, 1.82) is 0 Å². The molecule has 0 aliphatic rings. The fourth-order valence-corrected chi connectivity index (χ4v) is 1.17. The first-order chi connectivity index (χ1) is 8.36. The van der Waals surface area contributed by atoms with E-state index in [1.54, 1.807) is 6.92 Å². The third kappa shape index (κ3) is 3.61. The maximum atomic E-state index is 12.6. The first-order valence-corrected chi connectivity index (χ1v) is 5.10. The molecule has 1 aromatic rings. The highest BCUT2D eigenvalue weighted by Gasteiger charge is 2.44. The summed E-state index contributed by atoms with van der Waals surface area (Å²) in [6.45, 7) is 2.04. The van der Waals surface area contributed by atoms with Gasteiger partial charge in [0.2, 0.25) is 0 Å². The zero-order chi connectivity index (χ0) is 13.8. The van der Waals surface area contributed by atoms with E-state index >= 15 is 0 Å². The van der Waals surface area contributed by atoms with Crippen molar-refractivity contribution < 1.29 is 27.1 Å². The van der Waals surface area contributed by atoms with Crippen LogP contribution in [-0.4, -0.2) is 25.0 Å². The summed E-state index contributed by atoms with van der Waals surface area (Å²) in [5, 5.41) is 2.44. The number of rotatable bonds is 5. The van der Waals surface area contributed by atoms with Gasteiger partial charge < -0.3 is 10.1 Å². The van der Waals surface area contributed by atoms with Crippen LogP contribution in [0.1, 0.15) is 17.3 Å². The molecule has 0 spiro atoms. The molecule has 0 saturated carbocycles. The Morgan fingerprint density at radius 3 is 2.67 bits per heavy atom. The van der Waals surface area contributed by atoms with Crippen LogP contribution in [0.25, 0.3) is 0 Å². The van der Waals surface area contributed by atoms with E-state index in [2.05, 4.69) is 10.1 Å². The summed E-state index contributed by atoms with van der Waals surface area (Å²) in [7, 11) is 0. The first-order valence-electron chi connectivity index (χ1n) is 5.10. The molecular formula is C11H11F4NO2. The molecule has 0 bridgehead atoms. The zero-order valence-corrected chi connectivity index (χ0v) is 9.42. The Bertz CT molecular complexity index is 423. The highest BCUT2D eigenvalue weighted by Crippen LogP contribution is 2.27. The van der Waals surface area contributed by atoms with Crippen LogP contribution in [-0.2, 0) is 0 Å². The molecule has 7 heteroatoms. The van der Waals surface area contributed by atoms with Crippen molar-refractivity contribution in [2.24, 2.45) is 0 Å².